The highest BCUT2D eigenvalue weighted by atomic mass is 16.6. The van der Waals surface area contributed by atoms with E-state index in [4.69, 9.17) is 9.47 Å². The summed E-state index contributed by atoms with van der Waals surface area (Å²) < 4.78 is 11.0. The quantitative estimate of drug-likeness (QED) is 0.233. The average molecular weight is 313 g/mol. The Hall–Kier alpha value is -0.0800. The third kappa shape index (κ3) is 12.5. The van der Waals surface area contributed by atoms with E-state index in [1.165, 1.54) is 89.9 Å². The van der Waals surface area contributed by atoms with Gasteiger partial charge in [-0.05, 0) is 13.3 Å². The molecular weight excluding hydrogens is 272 g/mol. The van der Waals surface area contributed by atoms with Gasteiger partial charge in [-0.1, -0.05) is 90.4 Å². The normalized spacial score (nSPS) is 18.5. The monoisotopic (exact) mass is 312 g/mol. The highest BCUT2D eigenvalue weighted by Gasteiger charge is 2.29. The van der Waals surface area contributed by atoms with Crippen molar-refractivity contribution >= 4 is 0 Å². The van der Waals surface area contributed by atoms with Crippen molar-refractivity contribution in [1.29, 1.82) is 0 Å². The molecule has 0 N–H and O–H groups in total. The fourth-order valence-electron chi connectivity index (χ4n) is 3.00. The molecule has 1 saturated heterocycles. The maximum Gasteiger partial charge on any atom is 0.107 e. The molecular formula is C20H40O2. The molecule has 1 rings (SSSR count). The zero-order valence-electron chi connectivity index (χ0n) is 15.3. The Balaban J connectivity index is 1.64. The third-order valence-electron chi connectivity index (χ3n) is 4.76. The second-order valence-electron chi connectivity index (χ2n) is 7.04. The van der Waals surface area contributed by atoms with Crippen molar-refractivity contribution in [2.45, 2.75) is 116 Å². The summed E-state index contributed by atoms with van der Waals surface area (Å²) in [5, 5.41) is 0. The van der Waals surface area contributed by atoms with Crippen molar-refractivity contribution in [3.05, 3.63) is 0 Å². The van der Waals surface area contributed by atoms with Gasteiger partial charge in [-0.15, -0.1) is 0 Å². The topological polar surface area (TPSA) is 21.8 Å². The second-order valence-corrected chi connectivity index (χ2v) is 7.04. The zero-order valence-corrected chi connectivity index (χ0v) is 15.3. The molecule has 0 aromatic heterocycles. The molecule has 1 fully saturated rings. The lowest BCUT2D eigenvalue weighted by molar-refractivity contribution is 0.0434. The lowest BCUT2D eigenvalue weighted by Crippen LogP contribution is -2.15. The third-order valence-corrected chi connectivity index (χ3v) is 4.76. The van der Waals surface area contributed by atoms with Crippen LogP contribution in [0.3, 0.4) is 0 Å². The van der Waals surface area contributed by atoms with Crippen LogP contribution >= 0.6 is 0 Å². The minimum Gasteiger partial charge on any atom is -0.376 e. The van der Waals surface area contributed by atoms with E-state index in [1.54, 1.807) is 0 Å². The molecule has 0 unspecified atom stereocenters. The number of ether oxygens (including phenoxy) is 2. The summed E-state index contributed by atoms with van der Waals surface area (Å²) in [6, 6.07) is 0. The van der Waals surface area contributed by atoms with E-state index in [2.05, 4.69) is 13.8 Å². The van der Waals surface area contributed by atoms with Crippen LogP contribution in [0.4, 0.5) is 0 Å². The number of hydrogen-bond acceptors (Lipinski definition) is 2. The Kier molecular flexibility index (Phi) is 13.2. The van der Waals surface area contributed by atoms with Crippen molar-refractivity contribution in [3.63, 3.8) is 0 Å². The smallest absolute Gasteiger partial charge is 0.107 e. The summed E-state index contributed by atoms with van der Waals surface area (Å²) in [6.07, 6.45) is 20.5. The molecule has 0 aromatic rings. The van der Waals surface area contributed by atoms with Gasteiger partial charge < -0.3 is 9.47 Å². The predicted octanol–water partition coefficient (Wildman–Crippen LogP) is 6.27. The van der Waals surface area contributed by atoms with Crippen LogP contribution in [0.2, 0.25) is 0 Å². The largest absolute Gasteiger partial charge is 0.376 e. The molecule has 0 aromatic carbocycles. The van der Waals surface area contributed by atoms with Gasteiger partial charge in [-0.25, -0.2) is 0 Å². The van der Waals surface area contributed by atoms with Crippen LogP contribution in [0.5, 0.6) is 0 Å². The van der Waals surface area contributed by atoms with Gasteiger partial charge in [-0.3, -0.25) is 0 Å². The van der Waals surface area contributed by atoms with Gasteiger partial charge in [0.2, 0.25) is 0 Å². The minimum absolute atomic E-state index is 0.307. The van der Waals surface area contributed by atoms with Crippen molar-refractivity contribution in [2.75, 3.05) is 13.2 Å². The van der Waals surface area contributed by atoms with Crippen molar-refractivity contribution in [1.82, 2.24) is 0 Å². The molecule has 22 heavy (non-hydrogen) atoms. The van der Waals surface area contributed by atoms with Gasteiger partial charge in [-0.2, -0.15) is 0 Å². The Morgan fingerprint density at radius 1 is 0.773 bits per heavy atom. The standard InChI is InChI=1S/C20H40O2/c1-3-4-5-6-7-8-9-10-11-12-13-14-15-16-17-21-19(2)20-18-22-20/h19-20H,3-18H2,1-2H3/t19-,20-/m0/s1. The summed E-state index contributed by atoms with van der Waals surface area (Å²) in [7, 11) is 0. The van der Waals surface area contributed by atoms with Crippen molar-refractivity contribution in [2.24, 2.45) is 0 Å². The van der Waals surface area contributed by atoms with Gasteiger partial charge in [0.1, 0.15) is 6.10 Å². The van der Waals surface area contributed by atoms with E-state index in [0.29, 0.717) is 12.2 Å². The number of hydrogen-bond donors (Lipinski definition) is 0. The summed E-state index contributed by atoms with van der Waals surface area (Å²) in [5.41, 5.74) is 0. The molecule has 2 atom stereocenters. The Morgan fingerprint density at radius 3 is 1.59 bits per heavy atom. The van der Waals surface area contributed by atoms with E-state index < -0.39 is 0 Å². The average Bonchev–Trinajstić information content (AvgIpc) is 3.36. The molecule has 0 amide bonds. The first-order valence-electron chi connectivity index (χ1n) is 10.1. The van der Waals surface area contributed by atoms with Gasteiger partial charge >= 0.3 is 0 Å². The van der Waals surface area contributed by atoms with Crippen LogP contribution in [0.15, 0.2) is 0 Å². The van der Waals surface area contributed by atoms with Crippen LogP contribution in [0, 0.1) is 0 Å². The summed E-state index contributed by atoms with van der Waals surface area (Å²) >= 11 is 0. The molecule has 0 spiro atoms. The molecule has 1 aliphatic rings. The molecule has 2 nitrogen and oxygen atoms in total. The molecule has 1 aliphatic heterocycles. The molecule has 0 radical (unpaired) electrons. The van der Waals surface area contributed by atoms with Crippen LogP contribution in [-0.4, -0.2) is 25.4 Å². The lowest BCUT2D eigenvalue weighted by atomic mass is 10.0. The first kappa shape index (κ1) is 20.0. The van der Waals surface area contributed by atoms with Gasteiger partial charge in [0.25, 0.3) is 0 Å². The molecule has 1 heterocycles. The van der Waals surface area contributed by atoms with E-state index in [-0.39, 0.29) is 0 Å². The second kappa shape index (κ2) is 14.5. The molecule has 132 valence electrons. The van der Waals surface area contributed by atoms with Crippen molar-refractivity contribution < 1.29 is 9.47 Å². The van der Waals surface area contributed by atoms with E-state index >= 15 is 0 Å². The van der Waals surface area contributed by atoms with Gasteiger partial charge in [0, 0.05) is 6.61 Å². The maximum atomic E-state index is 5.75. The highest BCUT2D eigenvalue weighted by molar-refractivity contribution is 4.75. The fourth-order valence-corrected chi connectivity index (χ4v) is 3.00. The summed E-state index contributed by atoms with van der Waals surface area (Å²) in [4.78, 5) is 0. The van der Waals surface area contributed by atoms with Gasteiger partial charge in [0.15, 0.2) is 0 Å². The number of rotatable bonds is 17. The molecule has 0 bridgehead atoms. The molecule has 2 heteroatoms. The van der Waals surface area contributed by atoms with E-state index in [1.807, 2.05) is 0 Å². The highest BCUT2D eigenvalue weighted by Crippen LogP contribution is 2.17. The predicted molar refractivity (Wildman–Crippen MR) is 95.5 cm³/mol. The fraction of sp³-hybridized carbons (Fsp3) is 1.00. The van der Waals surface area contributed by atoms with Crippen LogP contribution in [0.1, 0.15) is 104 Å². The van der Waals surface area contributed by atoms with Crippen molar-refractivity contribution in [3.8, 4) is 0 Å². The van der Waals surface area contributed by atoms with Crippen LogP contribution < -0.4 is 0 Å². The van der Waals surface area contributed by atoms with E-state index in [9.17, 15) is 0 Å². The Morgan fingerprint density at radius 2 is 1.18 bits per heavy atom. The lowest BCUT2D eigenvalue weighted by Gasteiger charge is -2.09. The zero-order chi connectivity index (χ0) is 15.9. The minimum atomic E-state index is 0.307. The van der Waals surface area contributed by atoms with Crippen LogP contribution in [0.25, 0.3) is 0 Å². The number of unbranched alkanes of at least 4 members (excludes halogenated alkanes) is 13. The first-order valence-corrected chi connectivity index (χ1v) is 10.1. The first-order chi connectivity index (χ1) is 10.8. The van der Waals surface area contributed by atoms with E-state index in [0.717, 1.165) is 13.2 Å². The summed E-state index contributed by atoms with van der Waals surface area (Å²) in [6.45, 7) is 6.23. The molecule has 0 saturated carbocycles. The Labute approximate surface area is 139 Å². The number of epoxide rings is 1. The summed E-state index contributed by atoms with van der Waals surface area (Å²) in [5.74, 6) is 0. The maximum absolute atomic E-state index is 5.75. The van der Waals surface area contributed by atoms with Gasteiger partial charge in [0.05, 0.1) is 12.7 Å². The molecule has 0 aliphatic carbocycles. The van der Waals surface area contributed by atoms with Crippen LogP contribution in [-0.2, 0) is 9.47 Å². The Bertz CT molecular complexity index is 226. The SMILES string of the molecule is CCCCCCCCCCCCCCCCO[C@@H](C)[C@@H]1CO1.